The monoisotopic (exact) mass is 354 g/mol. The van der Waals surface area contributed by atoms with Crippen LogP contribution < -0.4 is 10.1 Å². The van der Waals surface area contributed by atoms with Crippen molar-refractivity contribution < 1.29 is 18.8 Å². The van der Waals surface area contributed by atoms with E-state index in [0.717, 1.165) is 11.3 Å². The highest BCUT2D eigenvalue weighted by Gasteiger charge is 2.11. The Kier molecular flexibility index (Phi) is 5.43. The predicted molar refractivity (Wildman–Crippen MR) is 94.6 cm³/mol. The molecule has 0 aliphatic carbocycles. The molecule has 1 aromatic carbocycles. The van der Waals surface area contributed by atoms with Crippen molar-refractivity contribution in [2.75, 3.05) is 26.1 Å². The highest BCUT2D eigenvalue weighted by atomic mass is 16.5. The zero-order chi connectivity index (χ0) is 18.4. The number of carbonyl (C=O) groups excluding carboxylic acids is 1. The third-order valence-corrected chi connectivity index (χ3v) is 3.65. The summed E-state index contributed by atoms with van der Waals surface area (Å²) in [5, 5.41) is 7.04. The third-order valence-electron chi connectivity index (χ3n) is 3.65. The quantitative estimate of drug-likeness (QED) is 0.647. The van der Waals surface area contributed by atoms with E-state index in [0.29, 0.717) is 29.6 Å². The van der Waals surface area contributed by atoms with Gasteiger partial charge in [-0.2, -0.15) is 4.98 Å². The number of hydrogen-bond donors (Lipinski definition) is 1. The number of pyridine rings is 1. The van der Waals surface area contributed by atoms with E-state index in [4.69, 9.17) is 9.26 Å². The van der Waals surface area contributed by atoms with Crippen LogP contribution in [0.2, 0.25) is 0 Å². The Morgan fingerprint density at radius 1 is 1.12 bits per heavy atom. The van der Waals surface area contributed by atoms with E-state index in [1.54, 1.807) is 19.4 Å². The average molecular weight is 354 g/mol. The number of hydrogen-bond acceptors (Lipinski definition) is 8. The Hall–Kier alpha value is -3.42. The molecule has 0 atom stereocenters. The number of aromatic nitrogens is 3. The summed E-state index contributed by atoms with van der Waals surface area (Å²) in [6.45, 7) is 0.446. The molecule has 8 heteroatoms. The molecule has 0 unspecified atom stereocenters. The first-order valence-electron chi connectivity index (χ1n) is 7.95. The molecule has 26 heavy (non-hydrogen) atoms. The molecular formula is C18H18N4O4. The van der Waals surface area contributed by atoms with Crippen LogP contribution >= 0.6 is 0 Å². The highest BCUT2D eigenvalue weighted by Crippen LogP contribution is 2.24. The van der Waals surface area contributed by atoms with Gasteiger partial charge in [0.05, 0.1) is 26.2 Å². The Morgan fingerprint density at radius 3 is 2.54 bits per heavy atom. The minimum Gasteiger partial charge on any atom is -0.497 e. The first-order valence-corrected chi connectivity index (χ1v) is 7.95. The van der Waals surface area contributed by atoms with Gasteiger partial charge >= 0.3 is 5.97 Å². The van der Waals surface area contributed by atoms with Crippen LogP contribution in [0.1, 0.15) is 6.42 Å². The molecule has 3 rings (SSSR count). The van der Waals surface area contributed by atoms with E-state index in [1.807, 2.05) is 30.3 Å². The van der Waals surface area contributed by atoms with E-state index in [1.165, 1.54) is 7.11 Å². The van der Waals surface area contributed by atoms with E-state index >= 15 is 0 Å². The van der Waals surface area contributed by atoms with Crippen molar-refractivity contribution in [3.8, 4) is 28.6 Å². The predicted octanol–water partition coefficient (Wildman–Crippen LogP) is 2.78. The molecule has 0 amide bonds. The van der Waals surface area contributed by atoms with E-state index < -0.39 is 0 Å². The van der Waals surface area contributed by atoms with Gasteiger partial charge in [-0.25, -0.2) is 4.98 Å². The van der Waals surface area contributed by atoms with Crippen molar-refractivity contribution >= 4 is 11.8 Å². The van der Waals surface area contributed by atoms with Crippen LogP contribution in [0.5, 0.6) is 5.75 Å². The number of methoxy groups -OCH3 is 2. The first-order chi connectivity index (χ1) is 12.7. The van der Waals surface area contributed by atoms with Crippen molar-refractivity contribution in [2.45, 2.75) is 6.42 Å². The third kappa shape index (κ3) is 4.15. The number of benzene rings is 1. The summed E-state index contributed by atoms with van der Waals surface area (Å²) in [6, 6.07) is 11.0. The van der Waals surface area contributed by atoms with Gasteiger partial charge in [-0.05, 0) is 36.4 Å². The molecule has 2 heterocycles. The molecule has 0 aliphatic rings. The van der Waals surface area contributed by atoms with Crippen molar-refractivity contribution in [1.29, 1.82) is 0 Å². The number of nitrogens with zero attached hydrogens (tertiary/aromatic N) is 3. The van der Waals surface area contributed by atoms with Gasteiger partial charge in [-0.3, -0.25) is 4.79 Å². The molecule has 0 aliphatic heterocycles. The minimum absolute atomic E-state index is 0.272. The maximum absolute atomic E-state index is 11.1. The summed E-state index contributed by atoms with van der Waals surface area (Å²) in [4.78, 5) is 19.7. The van der Waals surface area contributed by atoms with E-state index in [9.17, 15) is 4.79 Å². The lowest BCUT2D eigenvalue weighted by molar-refractivity contribution is -0.140. The van der Waals surface area contributed by atoms with Crippen LogP contribution in [0.4, 0.5) is 5.82 Å². The zero-order valence-electron chi connectivity index (χ0n) is 14.4. The summed E-state index contributed by atoms with van der Waals surface area (Å²) in [5.41, 5.74) is 1.53. The topological polar surface area (TPSA) is 99.4 Å². The molecule has 2 aromatic heterocycles. The van der Waals surface area contributed by atoms with Crippen LogP contribution in [0.25, 0.3) is 22.8 Å². The fraction of sp³-hybridized carbons (Fsp3) is 0.222. The SMILES string of the molecule is COC(=O)CCNc1ccc(-c2nc(-c3ccc(OC)cc3)no2)cn1. The Balaban J connectivity index is 1.66. The number of ether oxygens (including phenoxy) is 2. The summed E-state index contributed by atoms with van der Waals surface area (Å²) in [7, 11) is 2.97. The molecule has 8 nitrogen and oxygen atoms in total. The maximum Gasteiger partial charge on any atom is 0.307 e. The smallest absolute Gasteiger partial charge is 0.307 e. The van der Waals surface area contributed by atoms with Gasteiger partial charge in [-0.1, -0.05) is 5.16 Å². The summed E-state index contributed by atoms with van der Waals surface area (Å²) in [6.07, 6.45) is 1.90. The van der Waals surface area contributed by atoms with Gasteiger partial charge in [0.2, 0.25) is 5.82 Å². The lowest BCUT2D eigenvalue weighted by atomic mass is 10.2. The van der Waals surface area contributed by atoms with Crippen molar-refractivity contribution in [3.63, 3.8) is 0 Å². The molecule has 0 bridgehead atoms. The first kappa shape index (κ1) is 17.4. The van der Waals surface area contributed by atoms with Crippen molar-refractivity contribution in [1.82, 2.24) is 15.1 Å². The van der Waals surface area contributed by atoms with E-state index in [-0.39, 0.29) is 12.4 Å². The Labute approximate surface area is 150 Å². The highest BCUT2D eigenvalue weighted by molar-refractivity contribution is 5.69. The summed E-state index contributed by atoms with van der Waals surface area (Å²) >= 11 is 0. The summed E-state index contributed by atoms with van der Waals surface area (Å²) < 4.78 is 15.0. The number of anilines is 1. The second kappa shape index (κ2) is 8.11. The van der Waals surface area contributed by atoms with Gasteiger partial charge in [0.1, 0.15) is 11.6 Å². The Bertz CT molecular complexity index is 860. The van der Waals surface area contributed by atoms with Crippen molar-refractivity contribution in [2.24, 2.45) is 0 Å². The van der Waals surface area contributed by atoms with Gasteiger partial charge < -0.3 is 19.3 Å². The normalized spacial score (nSPS) is 10.4. The van der Waals surface area contributed by atoms with Crippen LogP contribution in [-0.4, -0.2) is 41.9 Å². The van der Waals surface area contributed by atoms with Crippen LogP contribution in [0, 0.1) is 0 Å². The van der Waals surface area contributed by atoms with Crippen LogP contribution in [-0.2, 0) is 9.53 Å². The van der Waals surface area contributed by atoms with Crippen LogP contribution in [0.3, 0.4) is 0 Å². The molecule has 3 aromatic rings. The number of nitrogens with one attached hydrogen (secondary N) is 1. The minimum atomic E-state index is -0.272. The lowest BCUT2D eigenvalue weighted by Crippen LogP contribution is -2.10. The standard InChI is InChI=1S/C18H18N4O4/c1-24-14-6-3-12(4-7-14)17-21-18(26-22-17)13-5-8-15(20-11-13)19-10-9-16(23)25-2/h3-8,11H,9-10H2,1-2H3,(H,19,20). The molecule has 134 valence electrons. The van der Waals surface area contributed by atoms with Crippen LogP contribution in [0.15, 0.2) is 47.1 Å². The molecule has 0 radical (unpaired) electrons. The summed E-state index contributed by atoms with van der Waals surface area (Å²) in [5.74, 6) is 2.00. The average Bonchev–Trinajstić information content (AvgIpc) is 3.18. The van der Waals surface area contributed by atoms with Gasteiger partial charge in [0, 0.05) is 18.3 Å². The Morgan fingerprint density at radius 2 is 1.88 bits per heavy atom. The van der Waals surface area contributed by atoms with Gasteiger partial charge in [-0.15, -0.1) is 0 Å². The van der Waals surface area contributed by atoms with Gasteiger partial charge in [0.25, 0.3) is 5.89 Å². The lowest BCUT2D eigenvalue weighted by Gasteiger charge is -2.04. The largest absolute Gasteiger partial charge is 0.497 e. The second-order valence-corrected chi connectivity index (χ2v) is 5.34. The van der Waals surface area contributed by atoms with E-state index in [2.05, 4.69) is 25.2 Å². The molecule has 0 saturated heterocycles. The number of carbonyl (C=O) groups is 1. The molecule has 0 fully saturated rings. The van der Waals surface area contributed by atoms with Gasteiger partial charge in [0.15, 0.2) is 0 Å². The molecular weight excluding hydrogens is 336 g/mol. The second-order valence-electron chi connectivity index (χ2n) is 5.34. The molecule has 0 saturated carbocycles. The fourth-order valence-corrected chi connectivity index (χ4v) is 2.22. The number of rotatable bonds is 7. The van der Waals surface area contributed by atoms with Crippen molar-refractivity contribution in [3.05, 3.63) is 42.6 Å². The molecule has 0 spiro atoms. The maximum atomic E-state index is 11.1. The molecule has 1 N–H and O–H groups in total. The zero-order valence-corrected chi connectivity index (χ0v) is 14.4. The number of esters is 1. The fourth-order valence-electron chi connectivity index (χ4n) is 2.22.